The summed E-state index contributed by atoms with van der Waals surface area (Å²) in [4.78, 5) is 12.2. The molecule has 0 fully saturated rings. The molecule has 3 aromatic rings. The Hall–Kier alpha value is -2.93. The number of ether oxygens (including phenoxy) is 1. The highest BCUT2D eigenvalue weighted by atomic mass is 32.2. The number of carbonyl (C=O) groups is 1. The van der Waals surface area contributed by atoms with Crippen molar-refractivity contribution in [3.05, 3.63) is 82.7 Å². The molecule has 0 saturated heterocycles. The molecule has 0 atom stereocenters. The minimum absolute atomic E-state index is 0.0517. The number of esters is 1. The van der Waals surface area contributed by atoms with Crippen molar-refractivity contribution in [2.75, 3.05) is 6.26 Å². The summed E-state index contributed by atoms with van der Waals surface area (Å²) in [5, 5.41) is 4.45. The molecule has 0 spiro atoms. The van der Waals surface area contributed by atoms with Crippen LogP contribution >= 0.6 is 0 Å². The molecule has 0 unspecified atom stereocenters. The number of benzene rings is 2. The van der Waals surface area contributed by atoms with Gasteiger partial charge in [0.15, 0.2) is 9.84 Å². The average molecular weight is 398 g/mol. The third-order valence-electron chi connectivity index (χ3n) is 4.18. The smallest absolute Gasteiger partial charge is 0.338 e. The molecule has 0 aliphatic carbocycles. The predicted octanol–water partition coefficient (Wildman–Crippen LogP) is 3.39. The van der Waals surface area contributed by atoms with E-state index in [0.717, 1.165) is 22.6 Å². The Labute approximate surface area is 164 Å². The van der Waals surface area contributed by atoms with Gasteiger partial charge in [-0.15, -0.1) is 0 Å². The maximum Gasteiger partial charge on any atom is 0.338 e. The molecule has 0 aliphatic rings. The Kier molecular flexibility index (Phi) is 5.65. The topological polar surface area (TPSA) is 78.3 Å². The molecule has 0 amide bonds. The van der Waals surface area contributed by atoms with Gasteiger partial charge in [0.25, 0.3) is 0 Å². The predicted molar refractivity (Wildman–Crippen MR) is 107 cm³/mol. The fraction of sp³-hybridized carbons (Fsp3) is 0.238. The number of aryl methyl sites for hydroxylation is 2. The third-order valence-corrected chi connectivity index (χ3v) is 5.04. The summed E-state index contributed by atoms with van der Waals surface area (Å²) in [5.74, 6) is -0.502. The van der Waals surface area contributed by atoms with Gasteiger partial charge in [0.2, 0.25) is 0 Å². The zero-order valence-corrected chi connectivity index (χ0v) is 16.9. The van der Waals surface area contributed by atoms with Crippen LogP contribution in [0.1, 0.15) is 32.9 Å². The zero-order chi connectivity index (χ0) is 20.3. The van der Waals surface area contributed by atoms with Gasteiger partial charge < -0.3 is 4.74 Å². The Morgan fingerprint density at radius 1 is 1.00 bits per heavy atom. The van der Waals surface area contributed by atoms with Crippen molar-refractivity contribution < 1.29 is 17.9 Å². The van der Waals surface area contributed by atoms with Crippen LogP contribution in [0.4, 0.5) is 0 Å². The third kappa shape index (κ3) is 5.07. The number of hydrogen-bond donors (Lipinski definition) is 0. The molecule has 0 N–H and O–H groups in total. The molecular weight excluding hydrogens is 376 g/mol. The van der Waals surface area contributed by atoms with Gasteiger partial charge in [-0.1, -0.05) is 24.3 Å². The molecule has 3 rings (SSSR count). The number of sulfone groups is 1. The maximum absolute atomic E-state index is 12.2. The number of carbonyl (C=O) groups excluding carboxylic acids is 1. The molecular formula is C21H22N2O4S. The minimum atomic E-state index is -3.10. The highest BCUT2D eigenvalue weighted by molar-refractivity contribution is 7.89. The van der Waals surface area contributed by atoms with Crippen LogP contribution in [0.3, 0.4) is 0 Å². The first-order chi connectivity index (χ1) is 13.2. The average Bonchev–Trinajstić information content (AvgIpc) is 2.97. The lowest BCUT2D eigenvalue weighted by atomic mass is 10.1. The van der Waals surface area contributed by atoms with Crippen LogP contribution in [0.15, 0.2) is 54.6 Å². The molecule has 6 nitrogen and oxygen atoms in total. The van der Waals surface area contributed by atoms with Crippen molar-refractivity contribution in [2.24, 2.45) is 0 Å². The molecule has 1 aromatic heterocycles. The lowest BCUT2D eigenvalue weighted by molar-refractivity contribution is 0.0472. The van der Waals surface area contributed by atoms with E-state index in [4.69, 9.17) is 4.74 Å². The summed E-state index contributed by atoms with van der Waals surface area (Å²) in [6, 6.07) is 16.1. The molecule has 0 bridgehead atoms. The number of hydrogen-bond acceptors (Lipinski definition) is 5. The van der Waals surface area contributed by atoms with Gasteiger partial charge in [-0.2, -0.15) is 5.10 Å². The first-order valence-electron chi connectivity index (χ1n) is 8.78. The standard InChI is InChI=1S/C21H22N2O4S/c1-15-12-16(2)23(22-15)20-10-6-17(7-11-20)13-27-21(24)19-8-4-18(5-9-19)14-28(3,25)26/h4-12H,13-14H2,1-3H3. The van der Waals surface area contributed by atoms with E-state index in [0.29, 0.717) is 11.1 Å². The van der Waals surface area contributed by atoms with Gasteiger partial charge in [-0.3, -0.25) is 0 Å². The van der Waals surface area contributed by atoms with E-state index in [9.17, 15) is 13.2 Å². The molecule has 2 aromatic carbocycles. The minimum Gasteiger partial charge on any atom is -0.457 e. The Morgan fingerprint density at radius 2 is 1.61 bits per heavy atom. The van der Waals surface area contributed by atoms with Gasteiger partial charge >= 0.3 is 5.97 Å². The lowest BCUT2D eigenvalue weighted by Crippen LogP contribution is -2.06. The second-order valence-corrected chi connectivity index (χ2v) is 8.99. The Morgan fingerprint density at radius 3 is 2.14 bits per heavy atom. The second-order valence-electron chi connectivity index (χ2n) is 6.85. The van der Waals surface area contributed by atoms with Crippen LogP contribution in [0.25, 0.3) is 5.69 Å². The van der Waals surface area contributed by atoms with Crippen LogP contribution in [0, 0.1) is 13.8 Å². The van der Waals surface area contributed by atoms with E-state index in [2.05, 4.69) is 5.10 Å². The molecule has 0 radical (unpaired) electrons. The fourth-order valence-electron chi connectivity index (χ4n) is 2.90. The largest absolute Gasteiger partial charge is 0.457 e. The summed E-state index contributed by atoms with van der Waals surface area (Å²) in [5.41, 5.74) is 4.85. The van der Waals surface area contributed by atoms with E-state index in [-0.39, 0.29) is 12.4 Å². The highest BCUT2D eigenvalue weighted by Crippen LogP contribution is 2.15. The van der Waals surface area contributed by atoms with Gasteiger partial charge in [-0.25, -0.2) is 17.9 Å². The van der Waals surface area contributed by atoms with Crippen LogP contribution in [0.2, 0.25) is 0 Å². The summed E-state index contributed by atoms with van der Waals surface area (Å²) in [7, 11) is -3.10. The normalized spacial score (nSPS) is 11.4. The highest BCUT2D eigenvalue weighted by Gasteiger charge is 2.10. The molecule has 0 saturated carbocycles. The van der Waals surface area contributed by atoms with E-state index in [1.165, 1.54) is 6.26 Å². The van der Waals surface area contributed by atoms with Crippen molar-refractivity contribution in [2.45, 2.75) is 26.2 Å². The monoisotopic (exact) mass is 398 g/mol. The van der Waals surface area contributed by atoms with E-state index >= 15 is 0 Å². The van der Waals surface area contributed by atoms with E-state index in [1.807, 2.05) is 48.9 Å². The van der Waals surface area contributed by atoms with Crippen LogP contribution in [-0.2, 0) is 26.9 Å². The van der Waals surface area contributed by atoms with Gasteiger partial charge in [0.05, 0.1) is 22.7 Å². The van der Waals surface area contributed by atoms with Gasteiger partial charge in [0.1, 0.15) is 6.61 Å². The van der Waals surface area contributed by atoms with Crippen LogP contribution in [0.5, 0.6) is 0 Å². The number of aromatic nitrogens is 2. The number of rotatable bonds is 6. The van der Waals surface area contributed by atoms with E-state index in [1.54, 1.807) is 24.3 Å². The first-order valence-corrected chi connectivity index (χ1v) is 10.8. The van der Waals surface area contributed by atoms with Crippen molar-refractivity contribution >= 4 is 15.8 Å². The molecule has 7 heteroatoms. The fourth-order valence-corrected chi connectivity index (χ4v) is 3.69. The zero-order valence-electron chi connectivity index (χ0n) is 16.0. The Bertz CT molecular complexity index is 1080. The van der Waals surface area contributed by atoms with Gasteiger partial charge in [-0.05, 0) is 55.3 Å². The van der Waals surface area contributed by atoms with Crippen molar-refractivity contribution in [1.29, 1.82) is 0 Å². The van der Waals surface area contributed by atoms with Crippen LogP contribution < -0.4 is 0 Å². The van der Waals surface area contributed by atoms with Crippen molar-refractivity contribution in [3.8, 4) is 5.69 Å². The summed E-state index contributed by atoms with van der Waals surface area (Å²) < 4.78 is 29.8. The van der Waals surface area contributed by atoms with Crippen molar-refractivity contribution in [1.82, 2.24) is 9.78 Å². The summed E-state index contributed by atoms with van der Waals surface area (Å²) >= 11 is 0. The summed E-state index contributed by atoms with van der Waals surface area (Å²) in [6.07, 6.45) is 1.18. The lowest BCUT2D eigenvalue weighted by Gasteiger charge is -2.08. The van der Waals surface area contributed by atoms with Crippen molar-refractivity contribution in [3.63, 3.8) is 0 Å². The Balaban J connectivity index is 1.60. The quantitative estimate of drug-likeness (QED) is 0.595. The molecule has 1 heterocycles. The molecule has 0 aliphatic heterocycles. The molecule has 146 valence electrons. The van der Waals surface area contributed by atoms with Gasteiger partial charge in [0, 0.05) is 11.9 Å². The second kappa shape index (κ2) is 7.98. The number of nitrogens with zero attached hydrogens (tertiary/aromatic N) is 2. The SMILES string of the molecule is Cc1cc(C)n(-c2ccc(COC(=O)c3ccc(CS(C)(=O)=O)cc3)cc2)n1. The molecule has 28 heavy (non-hydrogen) atoms. The maximum atomic E-state index is 12.2. The first kappa shape index (κ1) is 19.8. The van der Waals surface area contributed by atoms with Crippen LogP contribution in [-0.4, -0.2) is 30.4 Å². The van der Waals surface area contributed by atoms with E-state index < -0.39 is 15.8 Å². The summed E-state index contributed by atoms with van der Waals surface area (Å²) in [6.45, 7) is 4.10.